The molecule has 0 heterocycles. The molecular weight excluding hydrogens is 358 g/mol. The zero-order valence-electron chi connectivity index (χ0n) is 14.4. The number of para-hydroxylation sites is 2. The molecule has 9 heteroatoms. The van der Waals surface area contributed by atoms with Crippen LogP contribution in [0.4, 0.5) is 11.4 Å². The molecule has 26 heavy (non-hydrogen) atoms. The maximum Gasteiger partial charge on any atom is 0.292 e. The summed E-state index contributed by atoms with van der Waals surface area (Å²) in [6, 6.07) is 6.86. The lowest BCUT2D eigenvalue weighted by molar-refractivity contribution is -0.384. The normalized spacial score (nSPS) is 34.3. The number of aliphatic hydroxyl groups excluding tert-OH is 1. The maximum atomic E-state index is 11.1. The van der Waals surface area contributed by atoms with E-state index in [-0.39, 0.29) is 22.1 Å². The van der Waals surface area contributed by atoms with Crippen LogP contribution in [-0.4, -0.2) is 31.1 Å². The summed E-state index contributed by atoms with van der Waals surface area (Å²) in [6.07, 6.45) is 5.57. The summed E-state index contributed by atoms with van der Waals surface area (Å²) in [5, 5.41) is 28.9. The quantitative estimate of drug-likeness (QED) is 0.355. The molecule has 0 aliphatic heterocycles. The van der Waals surface area contributed by atoms with Crippen molar-refractivity contribution in [3.63, 3.8) is 0 Å². The van der Waals surface area contributed by atoms with Crippen molar-refractivity contribution in [2.75, 3.05) is 11.9 Å². The fourth-order valence-electron chi connectivity index (χ4n) is 5.45. The smallest absolute Gasteiger partial charge is 0.292 e. The summed E-state index contributed by atoms with van der Waals surface area (Å²) < 4.78 is 17.6. The van der Waals surface area contributed by atoms with E-state index in [1.54, 1.807) is 18.2 Å². The van der Waals surface area contributed by atoms with Crippen LogP contribution in [0.3, 0.4) is 0 Å². The summed E-state index contributed by atoms with van der Waals surface area (Å²) in [4.78, 5) is 10.8. The molecule has 1 aromatic rings. The Kier molecular flexibility index (Phi) is 5.50. The second-order valence-electron chi connectivity index (χ2n) is 7.87. The predicted molar refractivity (Wildman–Crippen MR) is 98.1 cm³/mol. The van der Waals surface area contributed by atoms with Crippen molar-refractivity contribution in [3.05, 3.63) is 34.4 Å². The standard InChI is InChI=1S/C17H22N2O3.H3NO2S/c20-16-12-5-11-6-13(16)9-17(7-11,8-12)10-18-14-3-1-2-4-15(14)19(21)22;1-4(2)3/h1-4,11-13,16,18,20H,5-10H2;4H,(H2,1,2,3). The number of aliphatic hydroxyl groups is 1. The molecule has 2 unspecified atom stereocenters. The summed E-state index contributed by atoms with van der Waals surface area (Å²) in [5.41, 5.74) is 0.982. The van der Waals surface area contributed by atoms with Crippen LogP contribution in [0.1, 0.15) is 32.1 Å². The monoisotopic (exact) mass is 383 g/mol. The molecule has 5 rings (SSSR count). The second kappa shape index (κ2) is 7.50. The summed E-state index contributed by atoms with van der Waals surface area (Å²) in [6.45, 7) is 0.786. The van der Waals surface area contributed by atoms with Gasteiger partial charge in [-0.25, -0.2) is 13.6 Å². The Labute approximate surface area is 154 Å². The third-order valence-corrected chi connectivity index (χ3v) is 6.10. The van der Waals surface area contributed by atoms with Gasteiger partial charge >= 0.3 is 0 Å². The van der Waals surface area contributed by atoms with Crippen molar-refractivity contribution in [3.8, 4) is 0 Å². The number of nitro groups is 1. The van der Waals surface area contributed by atoms with Crippen LogP contribution >= 0.6 is 0 Å². The van der Waals surface area contributed by atoms with Crippen molar-refractivity contribution < 1.29 is 18.4 Å². The SMILES string of the molecule is N[SH](=O)=O.O=[N+]([O-])c1ccccc1NCC12CC3CC(C1)C(O)C(C3)C2. The van der Waals surface area contributed by atoms with E-state index in [1.807, 2.05) is 6.07 Å². The first-order valence-corrected chi connectivity index (χ1v) is 10.1. The second-order valence-corrected chi connectivity index (χ2v) is 8.44. The number of nitrogens with zero attached hydrogens (tertiary/aromatic N) is 1. The lowest BCUT2D eigenvalue weighted by Gasteiger charge is -2.59. The Hall–Kier alpha value is -1.71. The van der Waals surface area contributed by atoms with E-state index in [1.165, 1.54) is 19.3 Å². The number of nitro benzene ring substituents is 1. The highest BCUT2D eigenvalue weighted by atomic mass is 32.2. The van der Waals surface area contributed by atoms with E-state index in [9.17, 15) is 15.2 Å². The Morgan fingerprint density at radius 3 is 2.38 bits per heavy atom. The van der Waals surface area contributed by atoms with Crippen molar-refractivity contribution in [1.82, 2.24) is 0 Å². The molecule has 2 atom stereocenters. The van der Waals surface area contributed by atoms with E-state index < -0.39 is 10.9 Å². The lowest BCUT2D eigenvalue weighted by atomic mass is 9.48. The van der Waals surface area contributed by atoms with Crippen molar-refractivity contribution in [1.29, 1.82) is 0 Å². The third kappa shape index (κ3) is 3.99. The Bertz CT molecular complexity index is 730. The van der Waals surface area contributed by atoms with E-state index in [0.717, 1.165) is 25.3 Å². The number of hydrogen-bond acceptors (Lipinski definition) is 6. The fraction of sp³-hybridized carbons (Fsp3) is 0.647. The molecule has 8 nitrogen and oxygen atoms in total. The van der Waals surface area contributed by atoms with E-state index in [2.05, 4.69) is 10.5 Å². The Balaban J connectivity index is 0.000000447. The molecule has 4 N–H and O–H groups in total. The summed E-state index contributed by atoms with van der Waals surface area (Å²) in [5.74, 6) is 1.63. The minimum absolute atomic E-state index is 0.115. The third-order valence-electron chi connectivity index (χ3n) is 6.10. The Morgan fingerprint density at radius 2 is 1.81 bits per heavy atom. The maximum absolute atomic E-state index is 11.1. The van der Waals surface area contributed by atoms with Gasteiger partial charge in [-0.15, -0.1) is 0 Å². The highest BCUT2D eigenvalue weighted by Gasteiger charge is 2.54. The van der Waals surface area contributed by atoms with Gasteiger partial charge in [-0.1, -0.05) is 12.1 Å². The van der Waals surface area contributed by atoms with Gasteiger partial charge in [0.25, 0.3) is 5.69 Å². The molecule has 0 amide bonds. The van der Waals surface area contributed by atoms with Crippen LogP contribution in [0.15, 0.2) is 24.3 Å². The lowest BCUT2D eigenvalue weighted by Crippen LogP contribution is -2.55. The Morgan fingerprint density at radius 1 is 1.23 bits per heavy atom. The molecule has 0 spiro atoms. The van der Waals surface area contributed by atoms with Crippen LogP contribution in [0.25, 0.3) is 0 Å². The topological polar surface area (TPSA) is 136 Å². The zero-order chi connectivity index (χ0) is 18.9. The molecule has 4 bridgehead atoms. The summed E-state index contributed by atoms with van der Waals surface area (Å²) in [7, 11) is -2.62. The average Bonchev–Trinajstić information content (AvgIpc) is 2.57. The average molecular weight is 383 g/mol. The molecular formula is C17H25N3O5S. The van der Waals surface area contributed by atoms with Crippen LogP contribution in [-0.2, 0) is 10.9 Å². The molecule has 0 saturated heterocycles. The minimum Gasteiger partial charge on any atom is -0.393 e. The molecule has 4 aliphatic carbocycles. The molecule has 4 aliphatic rings. The van der Waals surface area contributed by atoms with Crippen LogP contribution < -0.4 is 10.5 Å². The first-order valence-electron chi connectivity index (χ1n) is 8.84. The first-order chi connectivity index (χ1) is 12.3. The van der Waals surface area contributed by atoms with Crippen molar-refractivity contribution in [2.24, 2.45) is 28.3 Å². The zero-order valence-corrected chi connectivity index (χ0v) is 15.3. The van der Waals surface area contributed by atoms with Crippen LogP contribution in [0, 0.1) is 33.3 Å². The molecule has 4 saturated carbocycles. The van der Waals surface area contributed by atoms with Gasteiger partial charge in [0.05, 0.1) is 11.0 Å². The highest BCUT2D eigenvalue weighted by molar-refractivity contribution is 7.69. The first kappa shape index (κ1) is 19.1. The number of benzene rings is 1. The van der Waals surface area contributed by atoms with Crippen LogP contribution in [0.2, 0.25) is 0 Å². The number of nitrogens with one attached hydrogen (secondary N) is 1. The highest BCUT2D eigenvalue weighted by Crippen LogP contribution is 2.60. The van der Waals surface area contributed by atoms with Gasteiger partial charge in [0.15, 0.2) is 10.9 Å². The number of anilines is 1. The van der Waals surface area contributed by atoms with Crippen molar-refractivity contribution >= 4 is 22.3 Å². The number of hydrogen-bond donors (Lipinski definition) is 4. The van der Waals surface area contributed by atoms with E-state index >= 15 is 0 Å². The van der Waals surface area contributed by atoms with Crippen LogP contribution in [0.5, 0.6) is 0 Å². The summed E-state index contributed by atoms with van der Waals surface area (Å²) >= 11 is 0. The molecule has 144 valence electrons. The van der Waals surface area contributed by atoms with E-state index in [4.69, 9.17) is 8.42 Å². The molecule has 0 aromatic heterocycles. The fourth-order valence-corrected chi connectivity index (χ4v) is 5.45. The van der Waals surface area contributed by atoms with Gasteiger partial charge in [0, 0.05) is 12.6 Å². The molecule has 4 fully saturated rings. The number of thiol groups is 1. The van der Waals surface area contributed by atoms with Gasteiger partial charge in [-0.3, -0.25) is 10.1 Å². The van der Waals surface area contributed by atoms with Gasteiger partial charge in [0.2, 0.25) is 0 Å². The molecule has 1 aromatic carbocycles. The van der Waals surface area contributed by atoms with E-state index in [0.29, 0.717) is 17.5 Å². The number of nitrogens with two attached hydrogens (primary N) is 1. The largest absolute Gasteiger partial charge is 0.393 e. The van der Waals surface area contributed by atoms with Crippen molar-refractivity contribution in [2.45, 2.75) is 38.2 Å². The minimum atomic E-state index is -2.62. The molecule has 0 radical (unpaired) electrons. The van der Waals surface area contributed by atoms with Gasteiger partial charge in [0.1, 0.15) is 5.69 Å². The number of rotatable bonds is 4. The van der Waals surface area contributed by atoms with Gasteiger partial charge in [-0.05, 0) is 61.3 Å². The predicted octanol–water partition coefficient (Wildman–Crippen LogP) is 1.67. The van der Waals surface area contributed by atoms with Gasteiger partial charge < -0.3 is 10.4 Å². The van der Waals surface area contributed by atoms with Gasteiger partial charge in [-0.2, -0.15) is 0 Å².